The van der Waals surface area contributed by atoms with Gasteiger partial charge in [0.25, 0.3) is 0 Å². The van der Waals surface area contributed by atoms with Crippen LogP contribution < -0.4 is 0 Å². The molecular formula is C11H10N3O. The van der Waals surface area contributed by atoms with Crippen molar-refractivity contribution in [2.24, 2.45) is 5.16 Å². The Balaban J connectivity index is 2.37. The molecule has 0 bridgehead atoms. The zero-order chi connectivity index (χ0) is 10.9. The lowest BCUT2D eigenvalue weighted by atomic mass is 9.96. The van der Waals surface area contributed by atoms with E-state index in [9.17, 15) is 0 Å². The molecule has 1 aromatic rings. The van der Waals surface area contributed by atoms with E-state index in [0.29, 0.717) is 12.0 Å². The summed E-state index contributed by atoms with van der Waals surface area (Å²) in [4.78, 5) is 9.03. The van der Waals surface area contributed by atoms with Gasteiger partial charge in [-0.15, -0.1) is 0 Å². The fourth-order valence-electron chi connectivity index (χ4n) is 1.47. The summed E-state index contributed by atoms with van der Waals surface area (Å²) in [5.41, 5.74) is 1.68. The van der Waals surface area contributed by atoms with Crippen molar-refractivity contribution in [3.8, 4) is 6.07 Å². The second-order valence-corrected chi connectivity index (χ2v) is 4.02. The molecule has 75 valence electrons. The quantitative estimate of drug-likeness (QED) is 0.692. The second-order valence-electron chi connectivity index (χ2n) is 4.02. The lowest BCUT2D eigenvalue weighted by Gasteiger charge is -2.13. The number of pyridine rings is 1. The highest BCUT2D eigenvalue weighted by Gasteiger charge is 2.30. The van der Waals surface area contributed by atoms with E-state index < -0.39 is 0 Å². The molecule has 1 aromatic heterocycles. The highest BCUT2D eigenvalue weighted by molar-refractivity contribution is 6.03. The van der Waals surface area contributed by atoms with Crippen LogP contribution in [0, 0.1) is 17.5 Å². The van der Waals surface area contributed by atoms with Crippen LogP contribution in [0.15, 0.2) is 17.4 Å². The van der Waals surface area contributed by atoms with Gasteiger partial charge in [-0.1, -0.05) is 5.16 Å². The predicted molar refractivity (Wildman–Crippen MR) is 54.1 cm³/mol. The number of nitriles is 1. The van der Waals surface area contributed by atoms with Crippen molar-refractivity contribution in [3.05, 3.63) is 29.6 Å². The lowest BCUT2D eigenvalue weighted by Crippen LogP contribution is -2.19. The van der Waals surface area contributed by atoms with Gasteiger partial charge in [0.05, 0.1) is 11.3 Å². The SMILES string of the molecule is CC1(C)CC(c2ccn[c]c2C#N)=NO1. The van der Waals surface area contributed by atoms with Crippen molar-refractivity contribution >= 4 is 5.71 Å². The van der Waals surface area contributed by atoms with Gasteiger partial charge in [0.15, 0.2) is 0 Å². The number of oxime groups is 1. The molecule has 1 aliphatic heterocycles. The zero-order valence-corrected chi connectivity index (χ0v) is 8.61. The van der Waals surface area contributed by atoms with Crippen molar-refractivity contribution in [2.45, 2.75) is 25.9 Å². The van der Waals surface area contributed by atoms with Gasteiger partial charge in [0.2, 0.25) is 0 Å². The minimum absolute atomic E-state index is 0.286. The largest absolute Gasteiger partial charge is 0.389 e. The van der Waals surface area contributed by atoms with Crippen molar-refractivity contribution in [2.75, 3.05) is 0 Å². The Morgan fingerprint density at radius 1 is 1.60 bits per heavy atom. The number of nitrogens with zero attached hydrogens (tertiary/aromatic N) is 3. The van der Waals surface area contributed by atoms with E-state index in [2.05, 4.69) is 16.3 Å². The number of hydrogen-bond donors (Lipinski definition) is 0. The monoisotopic (exact) mass is 200 g/mol. The van der Waals surface area contributed by atoms with E-state index >= 15 is 0 Å². The highest BCUT2D eigenvalue weighted by atomic mass is 16.7. The van der Waals surface area contributed by atoms with Gasteiger partial charge in [-0.3, -0.25) is 4.98 Å². The van der Waals surface area contributed by atoms with E-state index in [1.54, 1.807) is 12.3 Å². The first-order valence-corrected chi connectivity index (χ1v) is 4.64. The molecule has 0 N–H and O–H groups in total. The minimum atomic E-state index is -0.286. The molecule has 2 rings (SSSR count). The van der Waals surface area contributed by atoms with Crippen LogP contribution >= 0.6 is 0 Å². The van der Waals surface area contributed by atoms with Crippen molar-refractivity contribution in [1.82, 2.24) is 4.98 Å². The molecule has 0 aromatic carbocycles. The Labute approximate surface area is 88.2 Å². The van der Waals surface area contributed by atoms with Crippen LogP contribution in [0.3, 0.4) is 0 Å². The van der Waals surface area contributed by atoms with Crippen LogP contribution in [0.4, 0.5) is 0 Å². The summed E-state index contributed by atoms with van der Waals surface area (Å²) in [6, 6.07) is 3.81. The maximum Gasteiger partial charge on any atom is 0.137 e. The summed E-state index contributed by atoms with van der Waals surface area (Å²) in [6.07, 6.45) is 4.94. The number of aromatic nitrogens is 1. The first kappa shape index (κ1) is 9.66. The van der Waals surface area contributed by atoms with E-state index in [0.717, 1.165) is 11.3 Å². The number of hydrogen-bond acceptors (Lipinski definition) is 4. The Kier molecular flexibility index (Phi) is 2.16. The van der Waals surface area contributed by atoms with Gasteiger partial charge in [-0.2, -0.15) is 5.26 Å². The van der Waals surface area contributed by atoms with Crippen LogP contribution in [0.25, 0.3) is 0 Å². The highest BCUT2D eigenvalue weighted by Crippen LogP contribution is 2.26. The average molecular weight is 200 g/mol. The third kappa shape index (κ3) is 1.82. The summed E-state index contributed by atoms with van der Waals surface area (Å²) in [6.45, 7) is 3.92. The average Bonchev–Trinajstić information content (AvgIpc) is 2.59. The predicted octanol–water partition coefficient (Wildman–Crippen LogP) is 1.66. The van der Waals surface area contributed by atoms with Gasteiger partial charge in [-0.25, -0.2) is 0 Å². The summed E-state index contributed by atoms with van der Waals surface area (Å²) in [5.74, 6) is 0. The molecule has 0 spiro atoms. The summed E-state index contributed by atoms with van der Waals surface area (Å²) < 4.78 is 0. The van der Waals surface area contributed by atoms with E-state index in [4.69, 9.17) is 10.1 Å². The molecule has 0 saturated carbocycles. The van der Waals surface area contributed by atoms with Crippen LogP contribution in [0.5, 0.6) is 0 Å². The molecule has 0 atom stereocenters. The maximum atomic E-state index is 8.89. The van der Waals surface area contributed by atoms with Crippen LogP contribution in [-0.4, -0.2) is 16.3 Å². The molecular weight excluding hydrogens is 190 g/mol. The Bertz CT molecular complexity index is 457. The number of rotatable bonds is 1. The van der Waals surface area contributed by atoms with E-state index in [-0.39, 0.29) is 5.60 Å². The smallest absolute Gasteiger partial charge is 0.137 e. The molecule has 4 heteroatoms. The zero-order valence-electron chi connectivity index (χ0n) is 8.61. The molecule has 0 aliphatic carbocycles. The van der Waals surface area contributed by atoms with Crippen molar-refractivity contribution in [1.29, 1.82) is 5.26 Å². The molecule has 0 saturated heterocycles. The molecule has 2 heterocycles. The molecule has 0 amide bonds. The third-order valence-electron chi connectivity index (χ3n) is 2.18. The Morgan fingerprint density at radius 3 is 3.00 bits per heavy atom. The van der Waals surface area contributed by atoms with Gasteiger partial charge in [-0.05, 0) is 19.9 Å². The maximum absolute atomic E-state index is 8.89. The fourth-order valence-corrected chi connectivity index (χ4v) is 1.47. The topological polar surface area (TPSA) is 58.3 Å². The normalized spacial score (nSPS) is 17.8. The van der Waals surface area contributed by atoms with E-state index in [1.165, 1.54) is 0 Å². The molecule has 0 fully saturated rings. The molecule has 1 radical (unpaired) electrons. The Hall–Kier alpha value is -1.89. The summed E-state index contributed by atoms with van der Waals surface area (Å²) in [7, 11) is 0. The first-order chi connectivity index (χ1) is 7.12. The van der Waals surface area contributed by atoms with Gasteiger partial charge >= 0.3 is 0 Å². The molecule has 4 nitrogen and oxygen atoms in total. The molecule has 0 unspecified atom stereocenters. The minimum Gasteiger partial charge on any atom is -0.389 e. The Morgan fingerprint density at radius 2 is 2.40 bits per heavy atom. The van der Waals surface area contributed by atoms with Gasteiger partial charge < -0.3 is 4.84 Å². The molecule has 1 aliphatic rings. The molecule has 15 heavy (non-hydrogen) atoms. The summed E-state index contributed by atoms with van der Waals surface area (Å²) in [5, 5.41) is 12.9. The lowest BCUT2D eigenvalue weighted by molar-refractivity contribution is 0.0123. The third-order valence-corrected chi connectivity index (χ3v) is 2.18. The van der Waals surface area contributed by atoms with Gasteiger partial charge in [0.1, 0.15) is 17.9 Å². The first-order valence-electron chi connectivity index (χ1n) is 4.64. The fraction of sp³-hybridized carbons (Fsp3) is 0.364. The van der Waals surface area contributed by atoms with Crippen LogP contribution in [-0.2, 0) is 4.84 Å². The standard InChI is InChI=1S/C11H10N3O/c1-11(2)5-10(14-15-11)9-3-4-13-7-8(9)6-12/h3-4H,5H2,1-2H3. The second kappa shape index (κ2) is 3.35. The van der Waals surface area contributed by atoms with Crippen molar-refractivity contribution in [3.63, 3.8) is 0 Å². The van der Waals surface area contributed by atoms with Gasteiger partial charge in [0, 0.05) is 18.2 Å². The van der Waals surface area contributed by atoms with Crippen LogP contribution in [0.2, 0.25) is 0 Å². The summed E-state index contributed by atoms with van der Waals surface area (Å²) >= 11 is 0. The van der Waals surface area contributed by atoms with E-state index in [1.807, 2.05) is 19.9 Å². The van der Waals surface area contributed by atoms with Crippen molar-refractivity contribution < 1.29 is 4.84 Å². The van der Waals surface area contributed by atoms with Crippen LogP contribution in [0.1, 0.15) is 31.4 Å².